The molecule has 2 heterocycles. The molecule has 118 valence electrons. The Morgan fingerprint density at radius 3 is 2.71 bits per heavy atom. The van der Waals surface area contributed by atoms with Gasteiger partial charge in [-0.1, -0.05) is 0 Å². The zero-order chi connectivity index (χ0) is 15.5. The van der Waals surface area contributed by atoms with Gasteiger partial charge in [0, 0.05) is 36.5 Å². The number of amides is 1. The van der Waals surface area contributed by atoms with Crippen LogP contribution in [0.3, 0.4) is 0 Å². The van der Waals surface area contributed by atoms with Gasteiger partial charge < -0.3 is 11.1 Å². The summed E-state index contributed by atoms with van der Waals surface area (Å²) < 4.78 is 0. The lowest BCUT2D eigenvalue weighted by atomic mass is 9.98. The third kappa shape index (κ3) is 4.49. The Kier molecular flexibility index (Phi) is 5.35. The van der Waals surface area contributed by atoms with E-state index >= 15 is 0 Å². The summed E-state index contributed by atoms with van der Waals surface area (Å²) in [5.74, 6) is -0.0521. The molecular formula is C15H26N4OS. The fraction of sp³-hybridized carbons (Fsp3) is 0.733. The second kappa shape index (κ2) is 6.85. The highest BCUT2D eigenvalue weighted by atomic mass is 32.1. The predicted octanol–water partition coefficient (Wildman–Crippen LogP) is 1.64. The molecule has 2 rings (SSSR count). The molecule has 1 aromatic rings. The molecule has 0 bridgehead atoms. The number of carbonyl (C=O) groups is 1. The van der Waals surface area contributed by atoms with Crippen molar-refractivity contribution in [2.24, 2.45) is 5.73 Å². The van der Waals surface area contributed by atoms with E-state index in [2.05, 4.69) is 36.0 Å². The lowest BCUT2D eigenvalue weighted by Gasteiger charge is -2.40. The minimum absolute atomic E-state index is 0.0521. The largest absolute Gasteiger partial charge is 0.348 e. The highest BCUT2D eigenvalue weighted by Gasteiger charge is 2.27. The molecule has 5 nitrogen and oxygen atoms in total. The summed E-state index contributed by atoms with van der Waals surface area (Å²) in [6, 6.07) is 0.260. The minimum atomic E-state index is -0.0521. The molecule has 21 heavy (non-hydrogen) atoms. The average molecular weight is 310 g/mol. The Bertz CT molecular complexity index is 472. The summed E-state index contributed by atoms with van der Waals surface area (Å²) >= 11 is 1.51. The van der Waals surface area contributed by atoms with Crippen molar-refractivity contribution < 1.29 is 4.79 Å². The van der Waals surface area contributed by atoms with Crippen LogP contribution in [0.4, 0.5) is 0 Å². The van der Waals surface area contributed by atoms with Gasteiger partial charge >= 0.3 is 0 Å². The fourth-order valence-electron chi connectivity index (χ4n) is 2.61. The number of hydrogen-bond acceptors (Lipinski definition) is 5. The molecule has 3 N–H and O–H groups in total. The van der Waals surface area contributed by atoms with Crippen LogP contribution in [0.15, 0.2) is 5.38 Å². The van der Waals surface area contributed by atoms with E-state index < -0.39 is 0 Å². The first-order valence-electron chi connectivity index (χ1n) is 7.60. The van der Waals surface area contributed by atoms with Gasteiger partial charge in [0.05, 0.1) is 5.01 Å². The molecule has 1 saturated heterocycles. The van der Waals surface area contributed by atoms with E-state index in [0.717, 1.165) is 37.4 Å². The maximum absolute atomic E-state index is 12.2. The number of nitrogens with one attached hydrogen (secondary N) is 1. The molecule has 0 atom stereocenters. The quantitative estimate of drug-likeness (QED) is 0.887. The molecule has 0 radical (unpaired) electrons. The van der Waals surface area contributed by atoms with Crippen molar-refractivity contribution in [3.05, 3.63) is 16.1 Å². The maximum atomic E-state index is 12.2. The van der Waals surface area contributed by atoms with Crippen molar-refractivity contribution in [1.29, 1.82) is 0 Å². The zero-order valence-electron chi connectivity index (χ0n) is 13.2. The first-order valence-corrected chi connectivity index (χ1v) is 8.48. The van der Waals surface area contributed by atoms with Crippen LogP contribution in [0, 0.1) is 0 Å². The molecule has 0 aliphatic carbocycles. The van der Waals surface area contributed by atoms with E-state index in [1.54, 1.807) is 0 Å². The number of nitrogens with two attached hydrogens (primary N) is 1. The average Bonchev–Trinajstić information content (AvgIpc) is 2.87. The van der Waals surface area contributed by atoms with Crippen LogP contribution in [-0.2, 0) is 6.42 Å². The molecule has 0 saturated carbocycles. The SMILES string of the molecule is CC(C)(C)N1CCC(NC(=O)c2csc(CCN)n2)CC1. The first-order chi connectivity index (χ1) is 9.90. The topological polar surface area (TPSA) is 71.2 Å². The van der Waals surface area contributed by atoms with Crippen LogP contribution in [0.25, 0.3) is 0 Å². The van der Waals surface area contributed by atoms with Crippen molar-refractivity contribution in [2.75, 3.05) is 19.6 Å². The number of hydrogen-bond donors (Lipinski definition) is 2. The number of likely N-dealkylation sites (tertiary alicyclic amines) is 1. The zero-order valence-corrected chi connectivity index (χ0v) is 14.0. The van der Waals surface area contributed by atoms with E-state index in [-0.39, 0.29) is 17.5 Å². The van der Waals surface area contributed by atoms with Gasteiger partial charge in [-0.3, -0.25) is 9.69 Å². The number of piperidine rings is 1. The Balaban J connectivity index is 1.84. The molecule has 0 spiro atoms. The highest BCUT2D eigenvalue weighted by Crippen LogP contribution is 2.20. The monoisotopic (exact) mass is 310 g/mol. The van der Waals surface area contributed by atoms with Crippen molar-refractivity contribution >= 4 is 17.2 Å². The van der Waals surface area contributed by atoms with Crippen molar-refractivity contribution in [1.82, 2.24) is 15.2 Å². The molecule has 1 fully saturated rings. The highest BCUT2D eigenvalue weighted by molar-refractivity contribution is 7.09. The smallest absolute Gasteiger partial charge is 0.270 e. The van der Waals surface area contributed by atoms with E-state index in [1.165, 1.54) is 11.3 Å². The van der Waals surface area contributed by atoms with Crippen molar-refractivity contribution in [3.8, 4) is 0 Å². The molecule has 0 unspecified atom stereocenters. The van der Waals surface area contributed by atoms with E-state index in [9.17, 15) is 4.79 Å². The summed E-state index contributed by atoms with van der Waals surface area (Å²) in [5, 5.41) is 5.87. The Labute approximate surface area is 130 Å². The van der Waals surface area contributed by atoms with Crippen molar-refractivity contribution in [3.63, 3.8) is 0 Å². The number of thiazole rings is 1. The summed E-state index contributed by atoms with van der Waals surface area (Å²) in [6.07, 6.45) is 2.74. The van der Waals surface area contributed by atoms with Crippen molar-refractivity contribution in [2.45, 2.75) is 51.6 Å². The molecule has 1 aliphatic heterocycles. The first kappa shape index (κ1) is 16.4. The van der Waals surface area contributed by atoms with Gasteiger partial charge in [0.15, 0.2) is 0 Å². The molecular weight excluding hydrogens is 284 g/mol. The van der Waals surface area contributed by atoms with Crippen LogP contribution in [0.5, 0.6) is 0 Å². The minimum Gasteiger partial charge on any atom is -0.348 e. The Hall–Kier alpha value is -0.980. The summed E-state index contributed by atoms with van der Waals surface area (Å²) in [6.45, 7) is 9.34. The van der Waals surface area contributed by atoms with E-state index in [0.29, 0.717) is 12.2 Å². The number of rotatable bonds is 4. The summed E-state index contributed by atoms with van der Waals surface area (Å²) in [5.41, 5.74) is 6.24. The number of carbonyl (C=O) groups excluding carboxylic acids is 1. The summed E-state index contributed by atoms with van der Waals surface area (Å²) in [7, 11) is 0. The number of nitrogens with zero attached hydrogens (tertiary/aromatic N) is 2. The van der Waals surface area contributed by atoms with Gasteiger partial charge in [-0.05, 0) is 40.2 Å². The van der Waals surface area contributed by atoms with Crippen LogP contribution >= 0.6 is 11.3 Å². The van der Waals surface area contributed by atoms with Crippen LogP contribution in [0.1, 0.15) is 49.1 Å². The fourth-order valence-corrected chi connectivity index (χ4v) is 3.40. The third-order valence-corrected chi connectivity index (χ3v) is 4.83. The normalized spacial score (nSPS) is 17.9. The molecule has 1 amide bonds. The molecule has 1 aromatic heterocycles. The van der Waals surface area contributed by atoms with Crippen LogP contribution in [-0.4, -0.2) is 47.0 Å². The number of aromatic nitrogens is 1. The second-order valence-corrected chi connectivity index (χ2v) is 7.51. The lowest BCUT2D eigenvalue weighted by Crippen LogP contribution is -2.50. The Morgan fingerprint density at radius 2 is 2.14 bits per heavy atom. The van der Waals surface area contributed by atoms with Gasteiger partial charge in [-0.2, -0.15) is 0 Å². The molecule has 0 aromatic carbocycles. The summed E-state index contributed by atoms with van der Waals surface area (Å²) in [4.78, 5) is 19.0. The van der Waals surface area contributed by atoms with Gasteiger partial charge in [0.1, 0.15) is 5.69 Å². The maximum Gasteiger partial charge on any atom is 0.270 e. The van der Waals surface area contributed by atoms with Gasteiger partial charge in [-0.25, -0.2) is 4.98 Å². The van der Waals surface area contributed by atoms with Crippen LogP contribution < -0.4 is 11.1 Å². The van der Waals surface area contributed by atoms with Gasteiger partial charge in [-0.15, -0.1) is 11.3 Å². The lowest BCUT2D eigenvalue weighted by molar-refractivity contribution is 0.0809. The third-order valence-electron chi connectivity index (χ3n) is 3.92. The molecule has 1 aliphatic rings. The predicted molar refractivity (Wildman–Crippen MR) is 86.7 cm³/mol. The standard InChI is InChI=1S/C15H26N4OS/c1-15(2,3)19-8-5-11(6-9-19)17-14(20)12-10-21-13(18-12)4-7-16/h10-11H,4-9,16H2,1-3H3,(H,17,20). The van der Waals surface area contributed by atoms with Gasteiger partial charge in [0.25, 0.3) is 5.91 Å². The van der Waals surface area contributed by atoms with Crippen LogP contribution in [0.2, 0.25) is 0 Å². The van der Waals surface area contributed by atoms with Gasteiger partial charge in [0.2, 0.25) is 0 Å². The van der Waals surface area contributed by atoms with E-state index in [1.807, 2.05) is 5.38 Å². The Morgan fingerprint density at radius 1 is 1.48 bits per heavy atom. The van der Waals surface area contributed by atoms with E-state index in [4.69, 9.17) is 5.73 Å². The molecule has 6 heteroatoms. The second-order valence-electron chi connectivity index (χ2n) is 6.57.